The first-order valence-corrected chi connectivity index (χ1v) is 18.8. The number of nitrogens with zero attached hydrogens (tertiary/aromatic N) is 1. The van der Waals surface area contributed by atoms with Gasteiger partial charge in [-0.25, -0.2) is 0 Å². The summed E-state index contributed by atoms with van der Waals surface area (Å²) in [6.07, 6.45) is 0. The summed E-state index contributed by atoms with van der Waals surface area (Å²) in [5.41, 5.74) is 14.6. The molecule has 258 valence electrons. The van der Waals surface area contributed by atoms with E-state index in [0.29, 0.717) is 0 Å². The molecule has 2 nitrogen and oxygen atoms in total. The summed E-state index contributed by atoms with van der Waals surface area (Å²) in [7, 11) is 0. The van der Waals surface area contributed by atoms with Crippen molar-refractivity contribution in [1.29, 1.82) is 0 Å². The summed E-state index contributed by atoms with van der Waals surface area (Å²) in [5.74, 6) is 1.70. The van der Waals surface area contributed by atoms with Crippen molar-refractivity contribution in [3.05, 3.63) is 234 Å². The highest BCUT2D eigenvalue weighted by Crippen LogP contribution is 2.59. The van der Waals surface area contributed by atoms with E-state index >= 15 is 0 Å². The van der Waals surface area contributed by atoms with Crippen molar-refractivity contribution in [3.8, 4) is 33.8 Å². The highest BCUT2D eigenvalue weighted by atomic mass is 16.5. The first-order chi connectivity index (χ1) is 26.5. The van der Waals surface area contributed by atoms with Crippen molar-refractivity contribution in [2.45, 2.75) is 24.7 Å². The molecule has 0 aromatic heterocycles. The standard InChI is InChI=1S/C52H39NO/c1-51(2)44-27-13-12-26-42(44)43-33-32-41(35-47(43)51)53(40-25-16-20-37(34-40)36-18-6-3-7-19-36)48-30-17-29-46-50(48)54-49-31-15-14-28-45(49)52(46,38-21-8-4-9-22-38)39-23-10-5-11-24-39/h3-35H,1-2H3. The number of fused-ring (bicyclic) bond motifs is 5. The number of hydrogen-bond donors (Lipinski definition) is 0. The van der Waals surface area contributed by atoms with Crippen LogP contribution in [0.4, 0.5) is 17.1 Å². The van der Waals surface area contributed by atoms with Crippen LogP contribution in [0.2, 0.25) is 0 Å². The third-order valence-electron chi connectivity index (χ3n) is 11.6. The maximum atomic E-state index is 7.19. The molecule has 0 saturated heterocycles. The van der Waals surface area contributed by atoms with Crippen molar-refractivity contribution in [2.24, 2.45) is 0 Å². The van der Waals surface area contributed by atoms with Crippen LogP contribution < -0.4 is 9.64 Å². The Morgan fingerprint density at radius 1 is 0.407 bits per heavy atom. The molecule has 1 aliphatic carbocycles. The lowest BCUT2D eigenvalue weighted by molar-refractivity contribution is 0.435. The highest BCUT2D eigenvalue weighted by Gasteiger charge is 2.46. The second-order valence-electron chi connectivity index (χ2n) is 14.9. The molecule has 1 heterocycles. The van der Waals surface area contributed by atoms with Gasteiger partial charge < -0.3 is 9.64 Å². The summed E-state index contributed by atoms with van der Waals surface area (Å²) in [4.78, 5) is 2.40. The largest absolute Gasteiger partial charge is 0.454 e. The van der Waals surface area contributed by atoms with Crippen molar-refractivity contribution in [3.63, 3.8) is 0 Å². The fourth-order valence-electron chi connectivity index (χ4n) is 9.10. The van der Waals surface area contributed by atoms with Gasteiger partial charge in [0.25, 0.3) is 0 Å². The van der Waals surface area contributed by atoms with Crippen LogP contribution >= 0.6 is 0 Å². The number of ether oxygens (including phenoxy) is 1. The van der Waals surface area contributed by atoms with Crippen LogP contribution in [0, 0.1) is 0 Å². The Morgan fingerprint density at radius 2 is 0.963 bits per heavy atom. The quantitative estimate of drug-likeness (QED) is 0.172. The Hall–Kier alpha value is -6.64. The zero-order valence-corrected chi connectivity index (χ0v) is 30.4. The number of benzene rings is 8. The lowest BCUT2D eigenvalue weighted by atomic mass is 9.63. The number of para-hydroxylation sites is 2. The molecule has 0 bridgehead atoms. The van der Waals surface area contributed by atoms with Gasteiger partial charge in [-0.15, -0.1) is 0 Å². The van der Waals surface area contributed by atoms with Gasteiger partial charge in [-0.3, -0.25) is 0 Å². The van der Waals surface area contributed by atoms with Gasteiger partial charge in [0.05, 0.1) is 11.1 Å². The molecule has 0 fully saturated rings. The first-order valence-electron chi connectivity index (χ1n) is 18.8. The van der Waals surface area contributed by atoms with E-state index in [1.165, 1.54) is 38.9 Å². The fourth-order valence-corrected chi connectivity index (χ4v) is 9.10. The number of rotatable bonds is 6. The third-order valence-corrected chi connectivity index (χ3v) is 11.6. The summed E-state index contributed by atoms with van der Waals surface area (Å²) in [6, 6.07) is 72.4. The molecule has 8 aromatic carbocycles. The highest BCUT2D eigenvalue weighted by molar-refractivity contribution is 5.89. The molecule has 0 amide bonds. The minimum Gasteiger partial charge on any atom is -0.454 e. The van der Waals surface area contributed by atoms with E-state index in [-0.39, 0.29) is 5.41 Å². The van der Waals surface area contributed by atoms with Crippen LogP contribution in [0.5, 0.6) is 11.5 Å². The van der Waals surface area contributed by atoms with Crippen molar-refractivity contribution in [2.75, 3.05) is 4.90 Å². The van der Waals surface area contributed by atoms with Crippen molar-refractivity contribution >= 4 is 17.1 Å². The Labute approximate surface area is 317 Å². The van der Waals surface area contributed by atoms with E-state index in [0.717, 1.165) is 45.3 Å². The zero-order chi connectivity index (χ0) is 36.3. The predicted octanol–water partition coefficient (Wildman–Crippen LogP) is 13.6. The summed E-state index contributed by atoms with van der Waals surface area (Å²) >= 11 is 0. The van der Waals surface area contributed by atoms with E-state index in [1.807, 2.05) is 0 Å². The molecule has 10 rings (SSSR count). The maximum absolute atomic E-state index is 7.19. The van der Waals surface area contributed by atoms with Crippen LogP contribution in [0.25, 0.3) is 22.3 Å². The normalized spacial score (nSPS) is 14.2. The molecule has 1 aliphatic heterocycles. The summed E-state index contributed by atoms with van der Waals surface area (Å²) in [5, 5.41) is 0. The van der Waals surface area contributed by atoms with Crippen molar-refractivity contribution in [1.82, 2.24) is 0 Å². The van der Waals surface area contributed by atoms with Gasteiger partial charge >= 0.3 is 0 Å². The average Bonchev–Trinajstić information content (AvgIpc) is 3.46. The van der Waals surface area contributed by atoms with Gasteiger partial charge in [0.1, 0.15) is 5.75 Å². The zero-order valence-electron chi connectivity index (χ0n) is 30.4. The van der Waals surface area contributed by atoms with E-state index in [2.05, 4.69) is 219 Å². The topological polar surface area (TPSA) is 12.5 Å². The summed E-state index contributed by atoms with van der Waals surface area (Å²) in [6.45, 7) is 4.70. The minimum atomic E-state index is -0.623. The smallest absolute Gasteiger partial charge is 0.156 e. The molecule has 2 heteroatoms. The number of hydrogen-bond acceptors (Lipinski definition) is 2. The van der Waals surface area contributed by atoms with Gasteiger partial charge in [-0.1, -0.05) is 178 Å². The van der Waals surface area contributed by atoms with Gasteiger partial charge in [0, 0.05) is 27.9 Å². The van der Waals surface area contributed by atoms with E-state index in [1.54, 1.807) is 0 Å². The van der Waals surface area contributed by atoms with Crippen molar-refractivity contribution < 1.29 is 4.74 Å². The van der Waals surface area contributed by atoms with E-state index < -0.39 is 5.41 Å². The fraction of sp³-hybridized carbons (Fsp3) is 0.0769. The van der Waals surface area contributed by atoms with Crippen LogP contribution in [-0.2, 0) is 10.8 Å². The van der Waals surface area contributed by atoms with Gasteiger partial charge in [-0.05, 0) is 80.9 Å². The Balaban J connectivity index is 1.26. The second kappa shape index (κ2) is 12.5. The van der Waals surface area contributed by atoms with Crippen LogP contribution in [0.1, 0.15) is 47.2 Å². The van der Waals surface area contributed by atoms with Crippen LogP contribution in [-0.4, -0.2) is 0 Å². The summed E-state index contributed by atoms with van der Waals surface area (Å²) < 4.78 is 7.19. The van der Waals surface area contributed by atoms with E-state index in [9.17, 15) is 0 Å². The predicted molar refractivity (Wildman–Crippen MR) is 223 cm³/mol. The molecule has 0 N–H and O–H groups in total. The molecule has 0 atom stereocenters. The van der Waals surface area contributed by atoms with Gasteiger partial charge in [0.15, 0.2) is 5.75 Å². The molecule has 0 unspecified atom stereocenters. The SMILES string of the molecule is CC1(C)c2ccccc2-c2ccc(N(c3cccc(-c4ccccc4)c3)c3cccc4c3Oc3ccccc3C4(c3ccccc3)c3ccccc3)cc21. The minimum absolute atomic E-state index is 0.152. The Bertz CT molecular complexity index is 2620. The van der Waals surface area contributed by atoms with Gasteiger partial charge in [0.2, 0.25) is 0 Å². The first kappa shape index (κ1) is 32.0. The number of anilines is 3. The lowest BCUT2D eigenvalue weighted by Crippen LogP contribution is -2.34. The van der Waals surface area contributed by atoms with E-state index in [4.69, 9.17) is 4.74 Å². The average molecular weight is 694 g/mol. The molecule has 2 aliphatic rings. The molecule has 54 heavy (non-hydrogen) atoms. The molecular formula is C52H39NO. The maximum Gasteiger partial charge on any atom is 0.156 e. The van der Waals surface area contributed by atoms with Crippen LogP contribution in [0.3, 0.4) is 0 Å². The Kier molecular flexibility index (Phi) is 7.42. The molecule has 0 saturated carbocycles. The molecule has 8 aromatic rings. The molecular weight excluding hydrogens is 655 g/mol. The van der Waals surface area contributed by atoms with Crippen LogP contribution in [0.15, 0.2) is 200 Å². The van der Waals surface area contributed by atoms with Gasteiger partial charge in [-0.2, -0.15) is 0 Å². The molecule has 0 spiro atoms. The third kappa shape index (κ3) is 4.80. The monoisotopic (exact) mass is 693 g/mol. The molecule has 0 radical (unpaired) electrons. The second-order valence-corrected chi connectivity index (χ2v) is 14.9. The Morgan fingerprint density at radius 3 is 1.70 bits per heavy atom. The lowest BCUT2D eigenvalue weighted by Gasteiger charge is -2.43.